The fourth-order valence-electron chi connectivity index (χ4n) is 3.49. The Morgan fingerprint density at radius 2 is 1.81 bits per heavy atom. The number of methoxy groups -OCH3 is 1. The number of rotatable bonds is 5. The van der Waals surface area contributed by atoms with E-state index in [2.05, 4.69) is 16.0 Å². The number of nitrogens with zero attached hydrogens (tertiary/aromatic N) is 2. The molecule has 0 radical (unpaired) electrons. The number of carbonyl (C=O) groups excluding carboxylic acids is 1. The SMILES string of the molecule is COc1ccccc1CN1CCN(C(=O)c2ccc(=O)[nH]c2C(C)C)CC1. The molecule has 1 aliphatic heterocycles. The van der Waals surface area contributed by atoms with Gasteiger partial charge in [0.25, 0.3) is 5.91 Å². The van der Waals surface area contributed by atoms with Gasteiger partial charge in [0, 0.05) is 50.0 Å². The molecule has 1 fully saturated rings. The molecule has 0 unspecified atom stereocenters. The quantitative estimate of drug-likeness (QED) is 0.879. The van der Waals surface area contributed by atoms with Crippen molar-refractivity contribution >= 4 is 5.91 Å². The van der Waals surface area contributed by atoms with Gasteiger partial charge in [0.15, 0.2) is 0 Å². The predicted octanol–water partition coefficient (Wildman–Crippen LogP) is 2.46. The molecule has 2 heterocycles. The van der Waals surface area contributed by atoms with E-state index in [1.54, 1.807) is 13.2 Å². The molecule has 0 spiro atoms. The molecule has 1 amide bonds. The first-order chi connectivity index (χ1) is 13.0. The van der Waals surface area contributed by atoms with Gasteiger partial charge in [-0.1, -0.05) is 32.0 Å². The third kappa shape index (κ3) is 4.39. The van der Waals surface area contributed by atoms with Crippen molar-refractivity contribution in [3.05, 3.63) is 63.6 Å². The maximum atomic E-state index is 13.0. The van der Waals surface area contributed by atoms with Crippen LogP contribution in [0.5, 0.6) is 5.75 Å². The van der Waals surface area contributed by atoms with Crippen molar-refractivity contribution in [1.29, 1.82) is 0 Å². The second kappa shape index (κ2) is 8.39. The second-order valence-electron chi connectivity index (χ2n) is 7.18. The zero-order valence-corrected chi connectivity index (χ0v) is 16.2. The maximum Gasteiger partial charge on any atom is 0.255 e. The van der Waals surface area contributed by atoms with Gasteiger partial charge in [-0.2, -0.15) is 0 Å². The Morgan fingerprint density at radius 1 is 1.11 bits per heavy atom. The first kappa shape index (κ1) is 19.2. The number of para-hydroxylation sites is 1. The van der Waals surface area contributed by atoms with Crippen LogP contribution in [0.3, 0.4) is 0 Å². The number of hydrogen-bond donors (Lipinski definition) is 1. The van der Waals surface area contributed by atoms with Crippen LogP contribution >= 0.6 is 0 Å². The number of nitrogens with one attached hydrogen (secondary N) is 1. The number of ether oxygens (including phenoxy) is 1. The Hall–Kier alpha value is -2.60. The largest absolute Gasteiger partial charge is 0.496 e. The minimum Gasteiger partial charge on any atom is -0.496 e. The van der Waals surface area contributed by atoms with Gasteiger partial charge < -0.3 is 14.6 Å². The van der Waals surface area contributed by atoms with Gasteiger partial charge in [0.2, 0.25) is 5.56 Å². The van der Waals surface area contributed by atoms with Gasteiger partial charge >= 0.3 is 0 Å². The molecule has 1 saturated heterocycles. The lowest BCUT2D eigenvalue weighted by atomic mass is 10.0. The zero-order valence-electron chi connectivity index (χ0n) is 16.2. The summed E-state index contributed by atoms with van der Waals surface area (Å²) in [6.45, 7) is 7.73. The number of hydrogen-bond acceptors (Lipinski definition) is 4. The molecule has 0 bridgehead atoms. The third-order valence-electron chi connectivity index (χ3n) is 5.00. The van der Waals surface area contributed by atoms with E-state index in [-0.39, 0.29) is 17.4 Å². The van der Waals surface area contributed by atoms with Crippen molar-refractivity contribution < 1.29 is 9.53 Å². The molecule has 6 heteroatoms. The van der Waals surface area contributed by atoms with Crippen LogP contribution in [0, 0.1) is 0 Å². The number of amides is 1. The van der Waals surface area contributed by atoms with Gasteiger partial charge in [0.1, 0.15) is 5.75 Å². The third-order valence-corrected chi connectivity index (χ3v) is 5.00. The smallest absolute Gasteiger partial charge is 0.255 e. The number of carbonyl (C=O) groups is 1. The van der Waals surface area contributed by atoms with Crippen molar-refractivity contribution in [2.45, 2.75) is 26.3 Å². The number of pyridine rings is 1. The average molecular weight is 369 g/mol. The highest BCUT2D eigenvalue weighted by Gasteiger charge is 2.25. The summed E-state index contributed by atoms with van der Waals surface area (Å²) < 4.78 is 5.43. The van der Waals surface area contributed by atoms with E-state index in [1.807, 2.05) is 36.9 Å². The average Bonchev–Trinajstić information content (AvgIpc) is 2.68. The summed E-state index contributed by atoms with van der Waals surface area (Å²) in [5, 5.41) is 0. The molecule has 1 aliphatic rings. The highest BCUT2D eigenvalue weighted by atomic mass is 16.5. The van der Waals surface area contributed by atoms with Crippen molar-refractivity contribution in [2.75, 3.05) is 33.3 Å². The lowest BCUT2D eigenvalue weighted by Gasteiger charge is -2.35. The van der Waals surface area contributed by atoms with E-state index in [9.17, 15) is 9.59 Å². The lowest BCUT2D eigenvalue weighted by Crippen LogP contribution is -2.48. The minimum atomic E-state index is -0.170. The molecule has 3 rings (SSSR count). The fraction of sp³-hybridized carbons (Fsp3) is 0.429. The normalized spacial score (nSPS) is 15.2. The van der Waals surface area contributed by atoms with Crippen LogP contribution in [0.15, 0.2) is 41.2 Å². The van der Waals surface area contributed by atoms with Crippen LogP contribution < -0.4 is 10.3 Å². The summed E-state index contributed by atoms with van der Waals surface area (Å²) in [5.41, 5.74) is 2.30. The number of H-pyrrole nitrogens is 1. The Kier molecular flexibility index (Phi) is 5.96. The van der Waals surface area contributed by atoms with Crippen molar-refractivity contribution in [3.63, 3.8) is 0 Å². The lowest BCUT2D eigenvalue weighted by molar-refractivity contribution is 0.0625. The highest BCUT2D eigenvalue weighted by Crippen LogP contribution is 2.21. The van der Waals surface area contributed by atoms with Gasteiger partial charge in [0.05, 0.1) is 12.7 Å². The molecular weight excluding hydrogens is 342 g/mol. The van der Waals surface area contributed by atoms with Gasteiger partial charge in [-0.05, 0) is 18.1 Å². The minimum absolute atomic E-state index is 0.00751. The van der Waals surface area contributed by atoms with E-state index in [0.717, 1.165) is 30.9 Å². The van der Waals surface area contributed by atoms with Crippen molar-refractivity contribution in [3.8, 4) is 5.75 Å². The molecule has 1 aromatic carbocycles. The highest BCUT2D eigenvalue weighted by molar-refractivity contribution is 5.95. The van der Waals surface area contributed by atoms with Crippen LogP contribution in [0.2, 0.25) is 0 Å². The number of benzene rings is 1. The second-order valence-corrected chi connectivity index (χ2v) is 7.18. The van der Waals surface area contributed by atoms with Gasteiger partial charge in [-0.3, -0.25) is 14.5 Å². The molecule has 0 saturated carbocycles. The molecule has 0 aliphatic carbocycles. The summed E-state index contributed by atoms with van der Waals surface area (Å²) in [6.07, 6.45) is 0. The summed E-state index contributed by atoms with van der Waals surface area (Å²) in [7, 11) is 1.69. The van der Waals surface area contributed by atoms with Crippen LogP contribution in [-0.4, -0.2) is 54.0 Å². The van der Waals surface area contributed by atoms with E-state index in [1.165, 1.54) is 6.07 Å². The standard InChI is InChI=1S/C21H27N3O3/c1-15(2)20-17(8-9-19(25)22-20)21(26)24-12-10-23(11-13-24)14-16-6-4-5-7-18(16)27-3/h4-9,15H,10-14H2,1-3H3,(H,22,25). The molecule has 27 heavy (non-hydrogen) atoms. The van der Waals surface area contributed by atoms with Crippen LogP contribution in [-0.2, 0) is 6.54 Å². The molecule has 1 aromatic heterocycles. The first-order valence-electron chi connectivity index (χ1n) is 9.36. The Morgan fingerprint density at radius 3 is 2.48 bits per heavy atom. The van der Waals surface area contributed by atoms with Crippen molar-refractivity contribution in [1.82, 2.24) is 14.8 Å². The Balaban J connectivity index is 1.66. The molecule has 0 atom stereocenters. The topological polar surface area (TPSA) is 65.6 Å². The van der Waals surface area contributed by atoms with E-state index < -0.39 is 0 Å². The molecule has 1 N–H and O–H groups in total. The molecular formula is C21H27N3O3. The molecule has 2 aromatic rings. The summed E-state index contributed by atoms with van der Waals surface area (Å²) in [4.78, 5) is 31.6. The molecule has 144 valence electrons. The van der Waals surface area contributed by atoms with E-state index in [0.29, 0.717) is 24.3 Å². The number of aromatic nitrogens is 1. The van der Waals surface area contributed by atoms with Crippen LogP contribution in [0.4, 0.5) is 0 Å². The maximum absolute atomic E-state index is 13.0. The Bertz CT molecular complexity index is 852. The summed E-state index contributed by atoms with van der Waals surface area (Å²) in [6, 6.07) is 11.1. The summed E-state index contributed by atoms with van der Waals surface area (Å²) in [5.74, 6) is 0.974. The van der Waals surface area contributed by atoms with Gasteiger partial charge in [-0.25, -0.2) is 0 Å². The number of piperazine rings is 1. The number of aromatic amines is 1. The fourth-order valence-corrected chi connectivity index (χ4v) is 3.49. The van der Waals surface area contributed by atoms with Crippen LogP contribution in [0.25, 0.3) is 0 Å². The summed E-state index contributed by atoms with van der Waals surface area (Å²) >= 11 is 0. The van der Waals surface area contributed by atoms with E-state index in [4.69, 9.17) is 4.74 Å². The predicted molar refractivity (Wildman–Crippen MR) is 105 cm³/mol. The Labute approximate surface area is 159 Å². The van der Waals surface area contributed by atoms with Crippen molar-refractivity contribution in [2.24, 2.45) is 0 Å². The zero-order chi connectivity index (χ0) is 19.4. The van der Waals surface area contributed by atoms with Gasteiger partial charge in [-0.15, -0.1) is 0 Å². The first-order valence-corrected chi connectivity index (χ1v) is 9.36. The van der Waals surface area contributed by atoms with Crippen LogP contribution in [0.1, 0.15) is 41.4 Å². The molecule has 6 nitrogen and oxygen atoms in total. The van der Waals surface area contributed by atoms with E-state index >= 15 is 0 Å². The monoisotopic (exact) mass is 369 g/mol.